The molecule has 2 heterocycles. The fourth-order valence-corrected chi connectivity index (χ4v) is 5.89. The average Bonchev–Trinajstić information content (AvgIpc) is 3.57. The number of hydrogen-bond acceptors (Lipinski definition) is 9. The molecule has 13 nitrogen and oxygen atoms in total. The van der Waals surface area contributed by atoms with Gasteiger partial charge in [-0.25, -0.2) is 9.78 Å². The third-order valence-corrected chi connectivity index (χ3v) is 8.91. The van der Waals surface area contributed by atoms with E-state index in [-0.39, 0.29) is 48.0 Å². The molecular formula is C38H47Cl2N7O6. The number of unbranched alkanes of at least 4 members (excludes halogenated alkanes) is 1. The summed E-state index contributed by atoms with van der Waals surface area (Å²) < 4.78 is 11.8. The Hall–Kier alpha value is -5.07. The van der Waals surface area contributed by atoms with Crippen LogP contribution in [0, 0.1) is 6.92 Å². The zero-order valence-corrected chi connectivity index (χ0v) is 32.5. The summed E-state index contributed by atoms with van der Waals surface area (Å²) in [5.41, 5.74) is 4.19. The smallest absolute Gasteiger partial charge is 0.289 e. The van der Waals surface area contributed by atoms with Gasteiger partial charge >= 0.3 is 0 Å². The van der Waals surface area contributed by atoms with Gasteiger partial charge in [-0.3, -0.25) is 14.4 Å². The van der Waals surface area contributed by atoms with Crippen molar-refractivity contribution in [2.45, 2.75) is 26.2 Å². The van der Waals surface area contributed by atoms with Crippen LogP contribution in [0.25, 0.3) is 11.0 Å². The van der Waals surface area contributed by atoms with Crippen molar-refractivity contribution in [2.24, 2.45) is 0 Å². The van der Waals surface area contributed by atoms with Crippen molar-refractivity contribution >= 4 is 70.9 Å². The van der Waals surface area contributed by atoms with Crippen LogP contribution in [-0.2, 0) is 4.79 Å². The fraction of sp³-hybridized carbons (Fsp3) is 0.368. The van der Waals surface area contributed by atoms with Crippen molar-refractivity contribution < 1.29 is 28.7 Å². The largest absolute Gasteiger partial charge is 0.495 e. The molecular weight excluding hydrogens is 721 g/mol. The summed E-state index contributed by atoms with van der Waals surface area (Å²) in [4.78, 5) is 65.9. The molecule has 284 valence electrons. The van der Waals surface area contributed by atoms with Crippen molar-refractivity contribution in [3.63, 3.8) is 0 Å². The molecule has 15 heteroatoms. The van der Waals surface area contributed by atoms with Crippen molar-refractivity contribution in [1.82, 2.24) is 24.7 Å². The zero-order chi connectivity index (χ0) is 36.7. The minimum atomic E-state index is -0.454. The van der Waals surface area contributed by atoms with Crippen LogP contribution in [0.2, 0.25) is 0 Å². The summed E-state index contributed by atoms with van der Waals surface area (Å²) in [6.07, 6.45) is 2.16. The standard InChI is InChI=1S/C38H45N7O6.2ClH/c1-25-13-16-31(33(22-25)51-21-8-7-10-27(24-46)45-19-17-43(4)18-20-45)44(5)37(48)26-14-15-29(32(23-26)50-6)40-36(47)28-11-9-12-30-34(28)41-35(39-30)38(49)42(2)3;;/h9,11-16,22-23H,7-8,10,17-21H2,1-6H3,(H,39,41)(H,40,47);2*1H. The van der Waals surface area contributed by atoms with Gasteiger partial charge in [0.25, 0.3) is 17.7 Å². The number of aromatic nitrogens is 2. The number of piperazine rings is 1. The maximum absolute atomic E-state index is 13.7. The Kier molecular flexibility index (Phi) is 15.3. The summed E-state index contributed by atoms with van der Waals surface area (Å²) >= 11 is 0. The summed E-state index contributed by atoms with van der Waals surface area (Å²) in [6, 6.07) is 15.5. The second-order valence-electron chi connectivity index (χ2n) is 12.8. The number of carbonyl (C=O) groups is 3. The number of H-pyrrole nitrogens is 1. The fourth-order valence-electron chi connectivity index (χ4n) is 5.89. The van der Waals surface area contributed by atoms with Gasteiger partial charge in [0, 0.05) is 52.9 Å². The Morgan fingerprint density at radius 2 is 1.68 bits per heavy atom. The van der Waals surface area contributed by atoms with Crippen LogP contribution >= 0.6 is 24.8 Å². The number of halogens is 2. The van der Waals surface area contributed by atoms with Crippen molar-refractivity contribution in [3.05, 3.63) is 82.8 Å². The molecule has 3 aromatic carbocycles. The molecule has 3 amide bonds. The number of hydrogen-bond donors (Lipinski definition) is 2. The molecule has 0 spiro atoms. The minimum Gasteiger partial charge on any atom is -0.495 e. The maximum Gasteiger partial charge on any atom is 0.289 e. The van der Waals surface area contributed by atoms with Crippen molar-refractivity contribution in [1.29, 1.82) is 0 Å². The molecule has 1 fully saturated rings. The van der Waals surface area contributed by atoms with Crippen LogP contribution in [0.15, 0.2) is 60.3 Å². The van der Waals surface area contributed by atoms with E-state index < -0.39 is 5.91 Å². The predicted octanol–water partition coefficient (Wildman–Crippen LogP) is 5.47. The molecule has 2 N–H and O–H groups in total. The number of rotatable bonds is 13. The van der Waals surface area contributed by atoms with Gasteiger partial charge in [0.15, 0.2) is 5.82 Å². The highest BCUT2D eigenvalue weighted by atomic mass is 35.5. The number of methoxy groups -OCH3 is 1. The SMILES string of the molecule is COc1cc(C(=O)N(C)c2ccc(C)cc2OCCCCC(=C=O)N2CCN(C)CC2)ccc1NC(=O)c1cccc2[nH]c(C(=O)N(C)C)nc12.Cl.Cl. The van der Waals surface area contributed by atoms with E-state index in [2.05, 4.69) is 38.1 Å². The van der Waals surface area contributed by atoms with Crippen molar-refractivity contribution in [3.8, 4) is 11.5 Å². The van der Waals surface area contributed by atoms with E-state index in [1.165, 1.54) is 16.9 Å². The zero-order valence-electron chi connectivity index (χ0n) is 30.9. The minimum absolute atomic E-state index is 0. The molecule has 53 heavy (non-hydrogen) atoms. The maximum atomic E-state index is 13.7. The van der Waals surface area contributed by atoms with Crippen LogP contribution in [0.1, 0.15) is 56.2 Å². The first-order valence-electron chi connectivity index (χ1n) is 16.9. The molecule has 5 rings (SSSR count). The number of aryl methyl sites for hydroxylation is 1. The molecule has 1 aromatic heterocycles. The summed E-state index contributed by atoms with van der Waals surface area (Å²) in [7, 11) is 8.47. The summed E-state index contributed by atoms with van der Waals surface area (Å²) in [6.45, 7) is 5.91. The number of ether oxygens (including phenoxy) is 2. The van der Waals surface area contributed by atoms with Crippen LogP contribution in [0.3, 0.4) is 0 Å². The number of imidazole rings is 1. The Morgan fingerprint density at radius 1 is 0.943 bits per heavy atom. The second kappa shape index (κ2) is 19.1. The molecule has 1 aliphatic heterocycles. The van der Waals surface area contributed by atoms with E-state index >= 15 is 0 Å². The molecule has 0 aliphatic carbocycles. The Balaban J connectivity index is 0.00000378. The number of allylic oxidation sites excluding steroid dienone is 1. The first-order chi connectivity index (χ1) is 24.5. The van der Waals surface area contributed by atoms with E-state index in [1.54, 1.807) is 57.5 Å². The number of nitrogens with zero attached hydrogens (tertiary/aromatic N) is 5. The van der Waals surface area contributed by atoms with Crippen molar-refractivity contribution in [2.75, 3.05) is 78.3 Å². The lowest BCUT2D eigenvalue weighted by molar-refractivity contribution is 0.0816. The number of likely N-dealkylation sites (N-methyl/N-ethyl adjacent to an activating group) is 1. The third kappa shape index (κ3) is 10.1. The van der Waals surface area contributed by atoms with Gasteiger partial charge < -0.3 is 39.4 Å². The van der Waals surface area contributed by atoms with Crippen LogP contribution in [0.5, 0.6) is 11.5 Å². The number of amides is 3. The van der Waals surface area contributed by atoms with E-state index in [4.69, 9.17) is 9.47 Å². The van der Waals surface area contributed by atoms with Gasteiger partial charge in [-0.15, -0.1) is 24.8 Å². The molecule has 0 unspecified atom stereocenters. The lowest BCUT2D eigenvalue weighted by atomic mass is 10.1. The number of nitrogens with one attached hydrogen (secondary N) is 2. The summed E-state index contributed by atoms with van der Waals surface area (Å²) in [5, 5.41) is 2.85. The van der Waals surface area contributed by atoms with Gasteiger partial charge in [0.1, 0.15) is 23.0 Å². The third-order valence-electron chi connectivity index (χ3n) is 8.91. The molecule has 1 saturated heterocycles. The topological polar surface area (TPSA) is 140 Å². The van der Waals surface area contributed by atoms with E-state index in [9.17, 15) is 19.2 Å². The summed E-state index contributed by atoms with van der Waals surface area (Å²) in [5.74, 6) is 2.08. The highest BCUT2D eigenvalue weighted by molar-refractivity contribution is 6.13. The second-order valence-corrected chi connectivity index (χ2v) is 12.8. The lowest BCUT2D eigenvalue weighted by Crippen LogP contribution is -2.44. The number of aromatic amines is 1. The highest BCUT2D eigenvalue weighted by Crippen LogP contribution is 2.32. The van der Waals surface area contributed by atoms with E-state index in [0.717, 1.165) is 44.6 Å². The molecule has 1 aliphatic rings. The van der Waals surface area contributed by atoms with Crippen LogP contribution in [0.4, 0.5) is 11.4 Å². The highest BCUT2D eigenvalue weighted by Gasteiger charge is 2.22. The number of fused-ring (bicyclic) bond motifs is 1. The van der Waals surface area contributed by atoms with Gasteiger partial charge in [-0.2, -0.15) is 0 Å². The Bertz CT molecular complexity index is 1970. The van der Waals surface area contributed by atoms with Gasteiger partial charge in [-0.1, -0.05) is 12.1 Å². The predicted molar refractivity (Wildman–Crippen MR) is 211 cm³/mol. The monoisotopic (exact) mass is 767 g/mol. The first-order valence-corrected chi connectivity index (χ1v) is 16.9. The number of carbonyl (C=O) groups excluding carboxylic acids is 4. The van der Waals surface area contributed by atoms with E-state index in [1.807, 2.05) is 25.1 Å². The molecule has 0 bridgehead atoms. The average molecular weight is 769 g/mol. The molecule has 0 radical (unpaired) electrons. The molecule has 4 aromatic rings. The Morgan fingerprint density at radius 3 is 2.36 bits per heavy atom. The number of anilines is 2. The Labute approximate surface area is 322 Å². The normalized spacial score (nSPS) is 12.5. The van der Waals surface area contributed by atoms with Gasteiger partial charge in [0.05, 0.1) is 41.9 Å². The van der Waals surface area contributed by atoms with E-state index in [0.29, 0.717) is 58.2 Å². The van der Waals surface area contributed by atoms with Crippen LogP contribution < -0.4 is 19.7 Å². The first kappa shape index (κ1) is 42.3. The van der Waals surface area contributed by atoms with Gasteiger partial charge in [0.2, 0.25) is 0 Å². The van der Waals surface area contributed by atoms with Gasteiger partial charge in [-0.05, 0) is 81.3 Å². The number of para-hydroxylation sites is 1. The number of benzene rings is 3. The van der Waals surface area contributed by atoms with Crippen LogP contribution in [-0.4, -0.2) is 116 Å². The lowest BCUT2D eigenvalue weighted by Gasteiger charge is -2.34. The molecule has 0 saturated carbocycles. The quantitative estimate of drug-likeness (QED) is 0.134. The molecule has 0 atom stereocenters.